The van der Waals surface area contributed by atoms with Gasteiger partial charge in [0, 0.05) is 30.4 Å². The predicted octanol–water partition coefficient (Wildman–Crippen LogP) is 1.72. The second-order valence-corrected chi connectivity index (χ2v) is 3.44. The van der Waals surface area contributed by atoms with Crippen LogP contribution in [0.1, 0.15) is 0 Å². The minimum atomic E-state index is 0.790. The molecule has 3 heterocycles. The molecule has 0 aliphatic heterocycles. The van der Waals surface area contributed by atoms with Gasteiger partial charge in [-0.3, -0.25) is 9.97 Å². The van der Waals surface area contributed by atoms with Gasteiger partial charge in [-0.25, -0.2) is 9.67 Å². The fourth-order valence-electron chi connectivity index (χ4n) is 1.61. The molecule has 5 heteroatoms. The van der Waals surface area contributed by atoms with E-state index in [0.29, 0.717) is 0 Å². The van der Waals surface area contributed by atoms with Crippen LogP contribution in [0.15, 0.2) is 55.4 Å². The van der Waals surface area contributed by atoms with Gasteiger partial charge in [-0.15, -0.1) is 0 Å². The zero-order valence-electron chi connectivity index (χ0n) is 8.93. The molecular weight excluding hydrogens is 214 g/mol. The first-order chi connectivity index (χ1) is 8.45. The van der Waals surface area contributed by atoms with Gasteiger partial charge in [0.2, 0.25) is 0 Å². The molecule has 0 bridgehead atoms. The normalized spacial score (nSPS) is 10.4. The molecule has 0 aliphatic rings. The molecule has 3 aromatic heterocycles. The first-order valence-corrected chi connectivity index (χ1v) is 5.16. The maximum absolute atomic E-state index is 4.27. The molecule has 0 atom stereocenters. The van der Waals surface area contributed by atoms with E-state index < -0.39 is 0 Å². The summed E-state index contributed by atoms with van der Waals surface area (Å²) in [5.41, 5.74) is 1.92. The summed E-state index contributed by atoms with van der Waals surface area (Å²) >= 11 is 0. The third-order valence-electron chi connectivity index (χ3n) is 2.39. The monoisotopic (exact) mass is 223 g/mol. The van der Waals surface area contributed by atoms with Crippen LogP contribution in [0.5, 0.6) is 0 Å². The lowest BCUT2D eigenvalue weighted by atomic mass is 10.2. The first kappa shape index (κ1) is 9.65. The molecule has 0 saturated carbocycles. The molecule has 0 amide bonds. The lowest BCUT2D eigenvalue weighted by Gasteiger charge is -2.04. The van der Waals surface area contributed by atoms with Crippen molar-refractivity contribution in [2.24, 2.45) is 0 Å². The standard InChI is InChI=1S/C12H9N5/c1-5-13-6-2-10(1)12-15-9-16-17(12)11-3-7-14-8-4-11/h1-9H. The highest BCUT2D eigenvalue weighted by molar-refractivity contribution is 5.56. The van der Waals surface area contributed by atoms with Crippen LogP contribution in [0.3, 0.4) is 0 Å². The van der Waals surface area contributed by atoms with Crippen molar-refractivity contribution in [3.05, 3.63) is 55.4 Å². The van der Waals surface area contributed by atoms with Gasteiger partial charge < -0.3 is 0 Å². The Kier molecular flexibility index (Phi) is 2.34. The number of hydrogen-bond acceptors (Lipinski definition) is 4. The zero-order chi connectivity index (χ0) is 11.5. The Bertz CT molecular complexity index is 549. The van der Waals surface area contributed by atoms with Crippen molar-refractivity contribution in [1.29, 1.82) is 0 Å². The summed E-state index contributed by atoms with van der Waals surface area (Å²) in [6.07, 6.45) is 8.47. The summed E-state index contributed by atoms with van der Waals surface area (Å²) in [6.45, 7) is 0. The highest BCUT2D eigenvalue weighted by Crippen LogP contribution is 2.18. The Hall–Kier alpha value is -2.56. The second kappa shape index (κ2) is 4.13. The molecule has 3 rings (SSSR count). The summed E-state index contributed by atoms with van der Waals surface area (Å²) in [5, 5.41) is 4.22. The zero-order valence-corrected chi connectivity index (χ0v) is 8.93. The Morgan fingerprint density at radius 1 is 0.824 bits per heavy atom. The maximum Gasteiger partial charge on any atom is 0.163 e. The fourth-order valence-corrected chi connectivity index (χ4v) is 1.61. The second-order valence-electron chi connectivity index (χ2n) is 3.44. The van der Waals surface area contributed by atoms with E-state index in [2.05, 4.69) is 20.1 Å². The van der Waals surface area contributed by atoms with Crippen molar-refractivity contribution in [2.45, 2.75) is 0 Å². The Morgan fingerprint density at radius 3 is 2.18 bits per heavy atom. The van der Waals surface area contributed by atoms with E-state index in [-0.39, 0.29) is 0 Å². The largest absolute Gasteiger partial charge is 0.265 e. The minimum absolute atomic E-state index is 0.790. The lowest BCUT2D eigenvalue weighted by Crippen LogP contribution is -1.99. The van der Waals surface area contributed by atoms with Crippen molar-refractivity contribution in [3.8, 4) is 17.1 Å². The number of hydrogen-bond donors (Lipinski definition) is 0. The quantitative estimate of drug-likeness (QED) is 0.663. The molecular formula is C12H9N5. The lowest BCUT2D eigenvalue weighted by molar-refractivity contribution is 0.884. The molecule has 0 unspecified atom stereocenters. The van der Waals surface area contributed by atoms with E-state index in [0.717, 1.165) is 17.1 Å². The highest BCUT2D eigenvalue weighted by Gasteiger charge is 2.07. The highest BCUT2D eigenvalue weighted by atomic mass is 15.3. The Balaban J connectivity index is 2.13. The summed E-state index contributed by atoms with van der Waals surface area (Å²) in [7, 11) is 0. The maximum atomic E-state index is 4.27. The summed E-state index contributed by atoms with van der Waals surface area (Å²) in [4.78, 5) is 12.2. The van der Waals surface area contributed by atoms with Crippen LogP contribution in [0, 0.1) is 0 Å². The van der Waals surface area contributed by atoms with Crippen molar-refractivity contribution in [3.63, 3.8) is 0 Å². The molecule has 0 fully saturated rings. The number of pyridine rings is 2. The van der Waals surface area contributed by atoms with Crippen LogP contribution in [0.4, 0.5) is 0 Å². The van der Waals surface area contributed by atoms with Crippen molar-refractivity contribution in [1.82, 2.24) is 24.7 Å². The van der Waals surface area contributed by atoms with E-state index in [9.17, 15) is 0 Å². The fraction of sp³-hybridized carbons (Fsp3) is 0. The number of rotatable bonds is 2. The van der Waals surface area contributed by atoms with Crippen LogP contribution in [0.25, 0.3) is 17.1 Å². The van der Waals surface area contributed by atoms with Crippen LogP contribution in [0.2, 0.25) is 0 Å². The van der Waals surface area contributed by atoms with Crippen LogP contribution < -0.4 is 0 Å². The SMILES string of the molecule is c1cc(-c2ncnn2-c2ccncc2)ccn1. The van der Waals surface area contributed by atoms with Crippen molar-refractivity contribution in [2.75, 3.05) is 0 Å². The minimum Gasteiger partial charge on any atom is -0.265 e. The molecule has 0 aromatic carbocycles. The topological polar surface area (TPSA) is 56.5 Å². The van der Waals surface area contributed by atoms with E-state index in [1.807, 2.05) is 24.3 Å². The number of nitrogens with zero attached hydrogens (tertiary/aromatic N) is 5. The van der Waals surface area contributed by atoms with E-state index >= 15 is 0 Å². The van der Waals surface area contributed by atoms with Gasteiger partial charge in [0.25, 0.3) is 0 Å². The van der Waals surface area contributed by atoms with Gasteiger partial charge in [0.15, 0.2) is 5.82 Å². The Labute approximate surface area is 97.8 Å². The van der Waals surface area contributed by atoms with E-state index in [4.69, 9.17) is 0 Å². The van der Waals surface area contributed by atoms with Gasteiger partial charge in [0.05, 0.1) is 5.69 Å². The van der Waals surface area contributed by atoms with Crippen LogP contribution in [-0.2, 0) is 0 Å². The van der Waals surface area contributed by atoms with Gasteiger partial charge >= 0.3 is 0 Å². The molecule has 17 heavy (non-hydrogen) atoms. The van der Waals surface area contributed by atoms with Gasteiger partial charge in [-0.1, -0.05) is 0 Å². The molecule has 3 aromatic rings. The molecule has 0 aliphatic carbocycles. The molecule has 0 saturated heterocycles. The summed E-state index contributed by atoms with van der Waals surface area (Å²) in [6, 6.07) is 7.59. The van der Waals surface area contributed by atoms with Crippen molar-refractivity contribution >= 4 is 0 Å². The number of aromatic nitrogens is 5. The van der Waals surface area contributed by atoms with Gasteiger partial charge in [-0.05, 0) is 24.3 Å². The predicted molar refractivity (Wildman–Crippen MR) is 62.4 cm³/mol. The van der Waals surface area contributed by atoms with Gasteiger partial charge in [-0.2, -0.15) is 5.10 Å². The molecule has 5 nitrogen and oxygen atoms in total. The summed E-state index contributed by atoms with van der Waals surface area (Å²) < 4.78 is 1.77. The third-order valence-corrected chi connectivity index (χ3v) is 2.39. The van der Waals surface area contributed by atoms with Crippen molar-refractivity contribution < 1.29 is 0 Å². The van der Waals surface area contributed by atoms with E-state index in [1.165, 1.54) is 6.33 Å². The molecule has 0 radical (unpaired) electrons. The smallest absolute Gasteiger partial charge is 0.163 e. The average molecular weight is 223 g/mol. The van der Waals surface area contributed by atoms with Crippen LogP contribution in [-0.4, -0.2) is 24.7 Å². The average Bonchev–Trinajstić information content (AvgIpc) is 2.90. The summed E-state index contributed by atoms with van der Waals surface area (Å²) in [5.74, 6) is 0.790. The first-order valence-electron chi connectivity index (χ1n) is 5.16. The van der Waals surface area contributed by atoms with Gasteiger partial charge in [0.1, 0.15) is 6.33 Å². The molecule has 0 N–H and O–H groups in total. The molecule has 82 valence electrons. The Morgan fingerprint density at radius 2 is 1.47 bits per heavy atom. The van der Waals surface area contributed by atoms with E-state index in [1.54, 1.807) is 29.5 Å². The molecule has 0 spiro atoms. The van der Waals surface area contributed by atoms with Crippen LogP contribution >= 0.6 is 0 Å². The third kappa shape index (κ3) is 1.78.